The summed E-state index contributed by atoms with van der Waals surface area (Å²) in [6.07, 6.45) is 5.62. The summed E-state index contributed by atoms with van der Waals surface area (Å²) < 4.78 is 13.8. The molecule has 0 bridgehead atoms. The van der Waals surface area contributed by atoms with Crippen molar-refractivity contribution in [1.29, 1.82) is 0 Å². The first-order valence-electron chi connectivity index (χ1n) is 9.43. The lowest BCUT2D eigenvalue weighted by Gasteiger charge is -2.29. The summed E-state index contributed by atoms with van der Waals surface area (Å²) in [5.74, 6) is 0.800. The molecule has 3 rings (SSSR count). The molecule has 1 aromatic carbocycles. The first kappa shape index (κ1) is 20.3. The topological polar surface area (TPSA) is 70.2 Å². The Hall–Kier alpha value is -2.41. The van der Waals surface area contributed by atoms with Crippen LogP contribution < -0.4 is 15.5 Å². The molecular weight excluding hydrogens is 381 g/mol. The zero-order valence-corrected chi connectivity index (χ0v) is 16.8. The summed E-state index contributed by atoms with van der Waals surface area (Å²) in [6.45, 7) is 0.517. The van der Waals surface area contributed by atoms with Crippen LogP contribution in [0.5, 0.6) is 0 Å². The van der Waals surface area contributed by atoms with Crippen LogP contribution in [0.4, 0.5) is 16.2 Å². The van der Waals surface area contributed by atoms with Crippen LogP contribution in [0.1, 0.15) is 36.0 Å². The highest BCUT2D eigenvalue weighted by atomic mass is 35.5. The van der Waals surface area contributed by atoms with Crippen molar-refractivity contribution in [2.45, 2.75) is 31.7 Å². The van der Waals surface area contributed by atoms with E-state index in [1.54, 1.807) is 6.20 Å². The lowest BCUT2D eigenvalue weighted by atomic mass is 9.86. The molecule has 0 saturated heterocycles. The fraction of sp³-hybridized carbons (Fsp3) is 0.450. The van der Waals surface area contributed by atoms with Crippen molar-refractivity contribution in [2.24, 2.45) is 5.92 Å². The predicted molar refractivity (Wildman–Crippen MR) is 109 cm³/mol. The average Bonchev–Trinajstić information content (AvgIpc) is 2.67. The first-order valence-corrected chi connectivity index (χ1v) is 9.81. The van der Waals surface area contributed by atoms with Gasteiger partial charge in [-0.2, -0.15) is 4.98 Å². The second kappa shape index (κ2) is 9.19. The number of nitrogens with one attached hydrogen (secondary N) is 2. The minimum Gasteiger partial charge on any atom is -0.363 e. The van der Waals surface area contributed by atoms with Crippen LogP contribution in [0.25, 0.3) is 0 Å². The van der Waals surface area contributed by atoms with Crippen molar-refractivity contribution in [1.82, 2.24) is 15.3 Å². The first-order chi connectivity index (χ1) is 13.4. The van der Waals surface area contributed by atoms with E-state index in [1.165, 1.54) is 18.2 Å². The van der Waals surface area contributed by atoms with Crippen LogP contribution in [0, 0.1) is 11.7 Å². The van der Waals surface area contributed by atoms with Crippen LogP contribution >= 0.6 is 11.6 Å². The van der Waals surface area contributed by atoms with Crippen LogP contribution in [0.2, 0.25) is 5.02 Å². The molecule has 1 saturated carbocycles. The van der Waals surface area contributed by atoms with Crippen molar-refractivity contribution < 1.29 is 9.18 Å². The summed E-state index contributed by atoms with van der Waals surface area (Å²) in [5.41, 5.74) is -0.0857. The third-order valence-electron chi connectivity index (χ3n) is 5.02. The lowest BCUT2D eigenvalue weighted by molar-refractivity contribution is 0.0939. The van der Waals surface area contributed by atoms with E-state index in [-0.39, 0.29) is 10.6 Å². The summed E-state index contributed by atoms with van der Waals surface area (Å²) >= 11 is 5.95. The molecule has 0 unspecified atom stereocenters. The van der Waals surface area contributed by atoms with Gasteiger partial charge in [0.05, 0.1) is 10.6 Å². The molecule has 1 aliphatic rings. The van der Waals surface area contributed by atoms with Crippen LogP contribution in [-0.2, 0) is 0 Å². The highest BCUT2D eigenvalue weighted by molar-refractivity contribution is 6.33. The third kappa shape index (κ3) is 5.10. The van der Waals surface area contributed by atoms with Gasteiger partial charge in [-0.3, -0.25) is 4.79 Å². The normalized spacial score (nSPS) is 19.1. The number of benzene rings is 1. The van der Waals surface area contributed by atoms with Gasteiger partial charge in [0.2, 0.25) is 5.95 Å². The second-order valence-corrected chi connectivity index (χ2v) is 7.71. The van der Waals surface area contributed by atoms with Crippen molar-refractivity contribution in [3.8, 4) is 0 Å². The number of hydrogen-bond donors (Lipinski definition) is 2. The van der Waals surface area contributed by atoms with Crippen molar-refractivity contribution in [3.05, 3.63) is 46.9 Å². The predicted octanol–water partition coefficient (Wildman–Crippen LogP) is 3.74. The van der Waals surface area contributed by atoms with E-state index in [1.807, 2.05) is 25.1 Å². The molecule has 2 N–H and O–H groups in total. The van der Waals surface area contributed by atoms with Gasteiger partial charge >= 0.3 is 0 Å². The van der Waals surface area contributed by atoms with Gasteiger partial charge in [-0.1, -0.05) is 17.7 Å². The van der Waals surface area contributed by atoms with Crippen LogP contribution in [-0.4, -0.2) is 42.6 Å². The Morgan fingerprint density at radius 1 is 1.25 bits per heavy atom. The highest BCUT2D eigenvalue weighted by Crippen LogP contribution is 2.26. The minimum absolute atomic E-state index is 0.0857. The van der Waals surface area contributed by atoms with Gasteiger partial charge in [0.1, 0.15) is 11.6 Å². The SMILES string of the molecule is CN(C)c1ccnc(N[C@H]2CC[C@@H](CNC(=O)c3c(F)cccc3Cl)CC2)n1. The van der Waals surface area contributed by atoms with E-state index < -0.39 is 11.7 Å². The van der Waals surface area contributed by atoms with Gasteiger partial charge in [0.25, 0.3) is 5.91 Å². The number of halogens is 2. The number of aromatic nitrogens is 2. The van der Waals surface area contributed by atoms with Crippen molar-refractivity contribution >= 4 is 29.3 Å². The van der Waals surface area contributed by atoms with Crippen molar-refractivity contribution in [2.75, 3.05) is 30.9 Å². The fourth-order valence-electron chi connectivity index (χ4n) is 3.40. The largest absolute Gasteiger partial charge is 0.363 e. The number of anilines is 2. The maximum atomic E-state index is 13.8. The van der Waals surface area contributed by atoms with Gasteiger partial charge < -0.3 is 15.5 Å². The molecule has 28 heavy (non-hydrogen) atoms. The fourth-order valence-corrected chi connectivity index (χ4v) is 3.65. The molecule has 2 aromatic rings. The van der Waals surface area contributed by atoms with E-state index >= 15 is 0 Å². The van der Waals surface area contributed by atoms with E-state index in [4.69, 9.17) is 11.6 Å². The highest BCUT2D eigenvalue weighted by Gasteiger charge is 2.23. The quantitative estimate of drug-likeness (QED) is 0.766. The maximum Gasteiger partial charge on any atom is 0.255 e. The third-order valence-corrected chi connectivity index (χ3v) is 5.34. The number of carbonyl (C=O) groups excluding carboxylic acids is 1. The Morgan fingerprint density at radius 3 is 2.68 bits per heavy atom. The molecule has 1 aliphatic carbocycles. The van der Waals surface area contributed by atoms with E-state index in [0.717, 1.165) is 31.5 Å². The van der Waals surface area contributed by atoms with E-state index in [2.05, 4.69) is 20.6 Å². The Kier molecular flexibility index (Phi) is 6.67. The smallest absolute Gasteiger partial charge is 0.255 e. The van der Waals surface area contributed by atoms with Gasteiger partial charge in [-0.25, -0.2) is 9.37 Å². The summed E-state index contributed by atoms with van der Waals surface area (Å²) in [5, 5.41) is 6.35. The number of carbonyl (C=O) groups is 1. The Labute approximate surface area is 169 Å². The van der Waals surface area contributed by atoms with Crippen LogP contribution in [0.3, 0.4) is 0 Å². The van der Waals surface area contributed by atoms with Gasteiger partial charge in [0, 0.05) is 32.9 Å². The minimum atomic E-state index is -0.599. The second-order valence-electron chi connectivity index (χ2n) is 7.30. The molecule has 6 nitrogen and oxygen atoms in total. The average molecular weight is 406 g/mol. The monoisotopic (exact) mass is 405 g/mol. The molecule has 0 aliphatic heterocycles. The molecule has 0 spiro atoms. The standard InChI is InChI=1S/C20H25ClFN5O/c1-27(2)17-10-11-23-20(26-17)25-14-8-6-13(7-9-14)12-24-19(28)18-15(21)4-3-5-16(18)22/h3-5,10-11,13-14H,6-9,12H2,1-2H3,(H,24,28)(H,23,25,26)/t13-,14+. The molecule has 1 fully saturated rings. The molecule has 8 heteroatoms. The summed E-state index contributed by atoms with van der Waals surface area (Å²) in [7, 11) is 3.89. The van der Waals surface area contributed by atoms with Crippen molar-refractivity contribution in [3.63, 3.8) is 0 Å². The molecule has 0 atom stereocenters. The molecular formula is C20H25ClFN5O. The molecule has 1 aromatic heterocycles. The zero-order chi connectivity index (χ0) is 20.1. The summed E-state index contributed by atoms with van der Waals surface area (Å²) in [6, 6.07) is 6.42. The molecule has 0 radical (unpaired) electrons. The van der Waals surface area contributed by atoms with Gasteiger partial charge in [-0.15, -0.1) is 0 Å². The number of nitrogens with zero attached hydrogens (tertiary/aromatic N) is 3. The van der Waals surface area contributed by atoms with Gasteiger partial charge in [-0.05, 0) is 49.8 Å². The Bertz CT molecular complexity index is 804. The zero-order valence-electron chi connectivity index (χ0n) is 16.1. The number of rotatable bonds is 6. The molecule has 1 heterocycles. The van der Waals surface area contributed by atoms with Gasteiger partial charge in [0.15, 0.2) is 0 Å². The Balaban J connectivity index is 1.47. The summed E-state index contributed by atoms with van der Waals surface area (Å²) in [4.78, 5) is 23.0. The van der Waals surface area contributed by atoms with Crippen LogP contribution in [0.15, 0.2) is 30.5 Å². The lowest BCUT2D eigenvalue weighted by Crippen LogP contribution is -2.34. The number of hydrogen-bond acceptors (Lipinski definition) is 5. The Morgan fingerprint density at radius 2 is 2.00 bits per heavy atom. The maximum absolute atomic E-state index is 13.8. The van der Waals surface area contributed by atoms with E-state index in [9.17, 15) is 9.18 Å². The van der Waals surface area contributed by atoms with E-state index in [0.29, 0.717) is 24.5 Å². The molecule has 1 amide bonds. The number of amides is 1. The molecule has 150 valence electrons.